The number of carbonyl (C=O) groups is 1. The molecule has 0 heterocycles. The Labute approximate surface area is 124 Å². The lowest BCUT2D eigenvalue weighted by Gasteiger charge is -2.45. The van der Waals surface area contributed by atoms with Crippen LogP contribution in [0.15, 0.2) is 0 Å². The van der Waals surface area contributed by atoms with E-state index in [9.17, 15) is 4.79 Å². The Balaban J connectivity index is 2.14. The average molecular weight is 280 g/mol. The molecule has 0 radical (unpaired) electrons. The molecule has 2 aliphatic rings. The van der Waals surface area contributed by atoms with Crippen molar-refractivity contribution in [2.75, 3.05) is 0 Å². The first-order chi connectivity index (χ1) is 9.19. The van der Waals surface area contributed by atoms with Gasteiger partial charge < -0.3 is 4.74 Å². The number of hydrogen-bond acceptors (Lipinski definition) is 2. The molecule has 20 heavy (non-hydrogen) atoms. The maximum absolute atomic E-state index is 12.2. The van der Waals surface area contributed by atoms with E-state index in [2.05, 4.69) is 27.7 Å². The molecular formula is C18H32O2. The quantitative estimate of drug-likeness (QED) is 0.690. The zero-order valence-electron chi connectivity index (χ0n) is 14.2. The molecule has 0 N–H and O–H groups in total. The minimum atomic E-state index is -0.350. The summed E-state index contributed by atoms with van der Waals surface area (Å²) in [7, 11) is 0. The molecule has 0 aromatic rings. The summed E-state index contributed by atoms with van der Waals surface area (Å²) in [6.45, 7) is 13.0. The van der Waals surface area contributed by atoms with Crippen molar-refractivity contribution < 1.29 is 9.53 Å². The third-order valence-corrected chi connectivity index (χ3v) is 6.40. The Kier molecular flexibility index (Phi) is 4.24. The Morgan fingerprint density at radius 3 is 2.60 bits per heavy atom. The Hall–Kier alpha value is -0.530. The highest BCUT2D eigenvalue weighted by Gasteiger charge is 2.56. The van der Waals surface area contributed by atoms with Gasteiger partial charge in [0.15, 0.2) is 0 Å². The first-order valence-electron chi connectivity index (χ1n) is 8.42. The van der Waals surface area contributed by atoms with Crippen LogP contribution in [0.3, 0.4) is 0 Å². The summed E-state index contributed by atoms with van der Waals surface area (Å²) in [4.78, 5) is 12.2. The van der Waals surface area contributed by atoms with E-state index < -0.39 is 0 Å². The summed E-state index contributed by atoms with van der Waals surface area (Å²) in [5, 5.41) is 0. The van der Waals surface area contributed by atoms with Crippen molar-refractivity contribution in [1.82, 2.24) is 0 Å². The highest BCUT2D eigenvalue weighted by molar-refractivity contribution is 5.72. The fourth-order valence-electron chi connectivity index (χ4n) is 4.57. The molecule has 2 fully saturated rings. The van der Waals surface area contributed by atoms with Crippen LogP contribution in [0.2, 0.25) is 0 Å². The van der Waals surface area contributed by atoms with Gasteiger partial charge in [-0.25, -0.2) is 0 Å². The first kappa shape index (κ1) is 15.9. The van der Waals surface area contributed by atoms with E-state index in [4.69, 9.17) is 4.74 Å². The summed E-state index contributed by atoms with van der Waals surface area (Å²) in [5.74, 6) is 2.39. The predicted octanol–water partition coefficient (Wildman–Crippen LogP) is 4.82. The third-order valence-electron chi connectivity index (χ3n) is 6.40. The zero-order chi connectivity index (χ0) is 15.1. The molecule has 2 aliphatic carbocycles. The second-order valence-electron chi connectivity index (χ2n) is 8.24. The summed E-state index contributed by atoms with van der Waals surface area (Å²) >= 11 is 0. The summed E-state index contributed by atoms with van der Waals surface area (Å²) in [6.07, 6.45) is 6.08. The van der Waals surface area contributed by atoms with E-state index in [1.54, 1.807) is 0 Å². The molecule has 0 saturated heterocycles. The van der Waals surface area contributed by atoms with Gasteiger partial charge in [-0.2, -0.15) is 0 Å². The second kappa shape index (κ2) is 5.35. The maximum Gasteiger partial charge on any atom is 0.309 e. The first-order valence-corrected chi connectivity index (χ1v) is 8.42. The van der Waals surface area contributed by atoms with E-state index in [-0.39, 0.29) is 22.9 Å². The van der Waals surface area contributed by atoms with Gasteiger partial charge >= 0.3 is 5.97 Å². The van der Waals surface area contributed by atoms with E-state index >= 15 is 0 Å². The maximum atomic E-state index is 12.2. The second-order valence-corrected chi connectivity index (χ2v) is 8.24. The van der Waals surface area contributed by atoms with Crippen LogP contribution in [-0.2, 0) is 9.53 Å². The van der Waals surface area contributed by atoms with Gasteiger partial charge in [0.1, 0.15) is 5.60 Å². The number of rotatable bonds is 4. The van der Waals surface area contributed by atoms with Crippen molar-refractivity contribution in [3.05, 3.63) is 0 Å². The fourth-order valence-corrected chi connectivity index (χ4v) is 4.57. The molecule has 0 amide bonds. The molecule has 0 spiro atoms. The SMILES string of the molecule is CCC(C)C(=O)OC(C)(C)C1(C)CC2CC(C)CC1C2. The number of esters is 1. The van der Waals surface area contributed by atoms with Gasteiger partial charge in [-0.05, 0) is 63.7 Å². The molecule has 2 heteroatoms. The van der Waals surface area contributed by atoms with Crippen molar-refractivity contribution in [2.24, 2.45) is 29.1 Å². The summed E-state index contributed by atoms with van der Waals surface area (Å²) < 4.78 is 5.98. The van der Waals surface area contributed by atoms with Crippen LogP contribution in [0.5, 0.6) is 0 Å². The highest BCUT2D eigenvalue weighted by Crippen LogP contribution is 2.60. The number of fused-ring (bicyclic) bond motifs is 2. The van der Waals surface area contributed by atoms with Crippen molar-refractivity contribution in [1.29, 1.82) is 0 Å². The molecule has 0 aliphatic heterocycles. The van der Waals surface area contributed by atoms with Crippen LogP contribution >= 0.6 is 0 Å². The molecule has 5 unspecified atom stereocenters. The van der Waals surface area contributed by atoms with Crippen LogP contribution in [0.25, 0.3) is 0 Å². The van der Waals surface area contributed by atoms with Crippen molar-refractivity contribution >= 4 is 5.97 Å². The number of ether oxygens (including phenoxy) is 1. The van der Waals surface area contributed by atoms with Crippen LogP contribution in [-0.4, -0.2) is 11.6 Å². The Morgan fingerprint density at radius 1 is 1.35 bits per heavy atom. The zero-order valence-corrected chi connectivity index (χ0v) is 14.2. The van der Waals surface area contributed by atoms with Crippen LogP contribution in [0.1, 0.15) is 73.6 Å². The molecular weight excluding hydrogens is 248 g/mol. The van der Waals surface area contributed by atoms with Crippen molar-refractivity contribution in [2.45, 2.75) is 79.2 Å². The third kappa shape index (κ3) is 2.63. The summed E-state index contributed by atoms with van der Waals surface area (Å²) in [5.41, 5.74) is -0.206. The predicted molar refractivity (Wildman–Crippen MR) is 82.3 cm³/mol. The molecule has 5 atom stereocenters. The molecule has 0 aromatic heterocycles. The van der Waals surface area contributed by atoms with Crippen LogP contribution in [0, 0.1) is 29.1 Å². The molecule has 116 valence electrons. The molecule has 2 rings (SSSR count). The van der Waals surface area contributed by atoms with Gasteiger partial charge in [0.2, 0.25) is 0 Å². The Bertz CT molecular complexity index is 374. The molecule has 2 bridgehead atoms. The van der Waals surface area contributed by atoms with Gasteiger partial charge in [0.05, 0.1) is 5.92 Å². The van der Waals surface area contributed by atoms with Crippen molar-refractivity contribution in [3.63, 3.8) is 0 Å². The smallest absolute Gasteiger partial charge is 0.309 e. The summed E-state index contributed by atoms with van der Waals surface area (Å²) in [6, 6.07) is 0. The normalized spacial score (nSPS) is 38.6. The van der Waals surface area contributed by atoms with Crippen LogP contribution < -0.4 is 0 Å². The minimum absolute atomic E-state index is 0.0116. The van der Waals surface area contributed by atoms with E-state index in [1.807, 2.05) is 13.8 Å². The van der Waals surface area contributed by atoms with Crippen molar-refractivity contribution in [3.8, 4) is 0 Å². The molecule has 0 aromatic carbocycles. The topological polar surface area (TPSA) is 26.3 Å². The molecule has 2 saturated carbocycles. The van der Waals surface area contributed by atoms with Gasteiger partial charge in [-0.15, -0.1) is 0 Å². The monoisotopic (exact) mass is 280 g/mol. The number of hydrogen-bond donors (Lipinski definition) is 0. The van der Waals surface area contributed by atoms with Gasteiger partial charge in [-0.3, -0.25) is 4.79 Å². The lowest BCUT2D eigenvalue weighted by Crippen LogP contribution is -2.48. The van der Waals surface area contributed by atoms with E-state index in [0.717, 1.165) is 24.2 Å². The van der Waals surface area contributed by atoms with Gasteiger partial charge in [-0.1, -0.05) is 27.7 Å². The van der Waals surface area contributed by atoms with Gasteiger partial charge in [0, 0.05) is 5.41 Å². The fraction of sp³-hybridized carbons (Fsp3) is 0.944. The van der Waals surface area contributed by atoms with Crippen LogP contribution in [0.4, 0.5) is 0 Å². The minimum Gasteiger partial charge on any atom is -0.459 e. The largest absolute Gasteiger partial charge is 0.459 e. The van der Waals surface area contributed by atoms with Gasteiger partial charge in [0.25, 0.3) is 0 Å². The Morgan fingerprint density at radius 2 is 2.00 bits per heavy atom. The highest BCUT2D eigenvalue weighted by atomic mass is 16.6. The van der Waals surface area contributed by atoms with E-state index in [0.29, 0.717) is 0 Å². The molecule has 2 nitrogen and oxygen atoms in total. The average Bonchev–Trinajstić information content (AvgIpc) is 2.59. The lowest BCUT2D eigenvalue weighted by atomic mass is 9.66. The lowest BCUT2D eigenvalue weighted by molar-refractivity contribution is -0.178. The van der Waals surface area contributed by atoms with E-state index in [1.165, 1.54) is 25.7 Å². The number of carbonyl (C=O) groups excluding carboxylic acids is 1. The standard InChI is InChI=1S/C18H32O2/c1-7-13(3)16(19)20-17(4,5)18(6)11-14-8-12(2)9-15(18)10-14/h12-15H,7-11H2,1-6H3.